The van der Waals surface area contributed by atoms with Crippen molar-refractivity contribution < 1.29 is 4.74 Å². The Morgan fingerprint density at radius 3 is 2.50 bits per heavy atom. The molecule has 20 heavy (non-hydrogen) atoms. The van der Waals surface area contributed by atoms with Crippen LogP contribution in [0.3, 0.4) is 0 Å². The summed E-state index contributed by atoms with van der Waals surface area (Å²) >= 11 is 6.00. The molecule has 2 fully saturated rings. The minimum atomic E-state index is 0.387. The van der Waals surface area contributed by atoms with Crippen LogP contribution in [0, 0.1) is 11.3 Å². The van der Waals surface area contributed by atoms with Crippen LogP contribution in [0.15, 0.2) is 24.3 Å². The van der Waals surface area contributed by atoms with Crippen molar-refractivity contribution in [1.82, 2.24) is 5.32 Å². The predicted molar refractivity (Wildman–Crippen MR) is 83.1 cm³/mol. The Morgan fingerprint density at radius 2 is 1.90 bits per heavy atom. The number of rotatable bonds is 5. The molecule has 1 aliphatic heterocycles. The summed E-state index contributed by atoms with van der Waals surface area (Å²) in [5.41, 5.74) is 1.77. The summed E-state index contributed by atoms with van der Waals surface area (Å²) in [6, 6.07) is 8.84. The maximum atomic E-state index is 6.00. The van der Waals surface area contributed by atoms with Crippen LogP contribution in [0.5, 0.6) is 0 Å². The molecule has 1 saturated heterocycles. The van der Waals surface area contributed by atoms with Gasteiger partial charge in [0.1, 0.15) is 0 Å². The predicted octanol–water partition coefficient (Wildman–Crippen LogP) is 4.20. The van der Waals surface area contributed by atoms with E-state index in [1.165, 1.54) is 18.4 Å². The SMILES string of the molecule is CC1(CNC(c2ccc(Cl)cc2)C2CC2)CCOCC1. The van der Waals surface area contributed by atoms with Crippen molar-refractivity contribution in [1.29, 1.82) is 0 Å². The van der Waals surface area contributed by atoms with Crippen LogP contribution in [-0.4, -0.2) is 19.8 Å². The maximum Gasteiger partial charge on any atom is 0.0471 e. The summed E-state index contributed by atoms with van der Waals surface area (Å²) in [6.07, 6.45) is 5.02. The summed E-state index contributed by atoms with van der Waals surface area (Å²) in [6.45, 7) is 5.29. The zero-order valence-corrected chi connectivity index (χ0v) is 13.0. The van der Waals surface area contributed by atoms with Gasteiger partial charge in [-0.1, -0.05) is 30.7 Å². The van der Waals surface area contributed by atoms with Gasteiger partial charge < -0.3 is 10.1 Å². The molecule has 0 bridgehead atoms. The molecule has 2 nitrogen and oxygen atoms in total. The highest BCUT2D eigenvalue weighted by molar-refractivity contribution is 6.30. The van der Waals surface area contributed by atoms with E-state index in [1.54, 1.807) is 0 Å². The first-order valence-electron chi connectivity index (χ1n) is 7.73. The van der Waals surface area contributed by atoms with E-state index in [0.29, 0.717) is 11.5 Å². The second kappa shape index (κ2) is 6.05. The molecule has 1 aromatic carbocycles. The molecule has 3 heteroatoms. The van der Waals surface area contributed by atoms with E-state index < -0.39 is 0 Å². The van der Waals surface area contributed by atoms with Crippen molar-refractivity contribution in [3.63, 3.8) is 0 Å². The van der Waals surface area contributed by atoms with Crippen molar-refractivity contribution in [2.75, 3.05) is 19.8 Å². The number of benzene rings is 1. The molecule has 3 rings (SSSR count). The summed E-state index contributed by atoms with van der Waals surface area (Å²) in [4.78, 5) is 0. The molecule has 2 aliphatic rings. The lowest BCUT2D eigenvalue weighted by atomic mass is 9.82. The molecule has 1 unspecified atom stereocenters. The number of nitrogens with one attached hydrogen (secondary N) is 1. The molecule has 1 aromatic rings. The number of ether oxygens (including phenoxy) is 1. The molecule has 1 saturated carbocycles. The van der Waals surface area contributed by atoms with Crippen LogP contribution in [0.1, 0.15) is 44.2 Å². The molecule has 1 N–H and O–H groups in total. The third kappa shape index (κ3) is 3.55. The Kier molecular flexibility index (Phi) is 4.34. The van der Waals surface area contributed by atoms with E-state index >= 15 is 0 Å². The van der Waals surface area contributed by atoms with Crippen molar-refractivity contribution in [3.05, 3.63) is 34.9 Å². The Morgan fingerprint density at radius 1 is 1.25 bits per heavy atom. The molecule has 0 radical (unpaired) electrons. The van der Waals surface area contributed by atoms with Gasteiger partial charge in [-0.15, -0.1) is 0 Å². The van der Waals surface area contributed by atoms with Crippen molar-refractivity contribution in [3.8, 4) is 0 Å². The van der Waals surface area contributed by atoms with Gasteiger partial charge in [0.25, 0.3) is 0 Å². The first-order valence-corrected chi connectivity index (χ1v) is 8.11. The average molecular weight is 294 g/mol. The lowest BCUT2D eigenvalue weighted by Gasteiger charge is -2.35. The highest BCUT2D eigenvalue weighted by Crippen LogP contribution is 2.42. The highest BCUT2D eigenvalue weighted by atomic mass is 35.5. The van der Waals surface area contributed by atoms with Gasteiger partial charge in [-0.3, -0.25) is 0 Å². The lowest BCUT2D eigenvalue weighted by molar-refractivity contribution is 0.0225. The highest BCUT2D eigenvalue weighted by Gasteiger charge is 2.34. The van der Waals surface area contributed by atoms with Crippen LogP contribution in [0.25, 0.3) is 0 Å². The van der Waals surface area contributed by atoms with Crippen molar-refractivity contribution in [2.45, 2.75) is 38.6 Å². The summed E-state index contributed by atoms with van der Waals surface area (Å²) in [7, 11) is 0. The van der Waals surface area contributed by atoms with Gasteiger partial charge in [-0.2, -0.15) is 0 Å². The third-order valence-corrected chi connectivity index (χ3v) is 5.02. The minimum absolute atomic E-state index is 0.387. The fraction of sp³-hybridized carbons (Fsp3) is 0.647. The monoisotopic (exact) mass is 293 g/mol. The molecule has 110 valence electrons. The van der Waals surface area contributed by atoms with Gasteiger partial charge >= 0.3 is 0 Å². The molecule has 0 amide bonds. The average Bonchev–Trinajstić information content (AvgIpc) is 3.26. The quantitative estimate of drug-likeness (QED) is 0.878. The van der Waals surface area contributed by atoms with Crippen LogP contribution < -0.4 is 5.32 Å². The molecule has 1 aliphatic carbocycles. The van der Waals surface area contributed by atoms with Crippen LogP contribution in [0.2, 0.25) is 5.02 Å². The number of hydrogen-bond acceptors (Lipinski definition) is 2. The number of halogens is 1. The standard InChI is InChI=1S/C17H24ClNO/c1-17(8-10-20-11-9-17)12-19-16(13-2-3-13)14-4-6-15(18)7-5-14/h4-7,13,16,19H,2-3,8-12H2,1H3. The van der Waals surface area contributed by atoms with Gasteiger partial charge in [-0.05, 0) is 54.7 Å². The van der Waals surface area contributed by atoms with E-state index in [-0.39, 0.29) is 0 Å². The van der Waals surface area contributed by atoms with E-state index in [2.05, 4.69) is 24.4 Å². The Hall–Kier alpha value is -0.570. The number of hydrogen-bond donors (Lipinski definition) is 1. The van der Waals surface area contributed by atoms with Gasteiger partial charge in [0, 0.05) is 30.8 Å². The molecule has 0 aromatic heterocycles. The van der Waals surface area contributed by atoms with E-state index in [1.807, 2.05) is 12.1 Å². The molecule has 0 spiro atoms. The molecule has 1 heterocycles. The van der Waals surface area contributed by atoms with Crippen molar-refractivity contribution in [2.24, 2.45) is 11.3 Å². The zero-order valence-electron chi connectivity index (χ0n) is 12.2. The molecular formula is C17H24ClNO. The first kappa shape index (κ1) is 14.4. The molecular weight excluding hydrogens is 270 g/mol. The van der Waals surface area contributed by atoms with Crippen LogP contribution >= 0.6 is 11.6 Å². The van der Waals surface area contributed by atoms with Crippen LogP contribution in [0.4, 0.5) is 0 Å². The van der Waals surface area contributed by atoms with E-state index in [4.69, 9.17) is 16.3 Å². The smallest absolute Gasteiger partial charge is 0.0471 e. The normalized spacial score (nSPS) is 23.5. The van der Waals surface area contributed by atoms with Crippen molar-refractivity contribution >= 4 is 11.6 Å². The summed E-state index contributed by atoms with van der Waals surface area (Å²) < 4.78 is 5.49. The fourth-order valence-corrected chi connectivity index (χ4v) is 3.18. The zero-order chi connectivity index (χ0) is 14.0. The third-order valence-electron chi connectivity index (χ3n) is 4.77. The Labute approximate surface area is 126 Å². The first-order chi connectivity index (χ1) is 9.66. The topological polar surface area (TPSA) is 21.3 Å². The minimum Gasteiger partial charge on any atom is -0.381 e. The Bertz CT molecular complexity index is 435. The second-order valence-electron chi connectivity index (χ2n) is 6.67. The van der Waals surface area contributed by atoms with Gasteiger partial charge in [0.05, 0.1) is 0 Å². The largest absolute Gasteiger partial charge is 0.381 e. The lowest BCUT2D eigenvalue weighted by Crippen LogP contribution is -2.38. The summed E-state index contributed by atoms with van der Waals surface area (Å²) in [5, 5.41) is 4.65. The van der Waals surface area contributed by atoms with E-state index in [9.17, 15) is 0 Å². The second-order valence-corrected chi connectivity index (χ2v) is 7.11. The molecule has 1 atom stereocenters. The maximum absolute atomic E-state index is 6.00. The summed E-state index contributed by atoms with van der Waals surface area (Å²) in [5.74, 6) is 0.805. The van der Waals surface area contributed by atoms with Gasteiger partial charge in [-0.25, -0.2) is 0 Å². The van der Waals surface area contributed by atoms with Gasteiger partial charge in [0.15, 0.2) is 0 Å². The van der Waals surface area contributed by atoms with Gasteiger partial charge in [0.2, 0.25) is 0 Å². The van der Waals surface area contributed by atoms with E-state index in [0.717, 1.165) is 43.5 Å². The Balaban J connectivity index is 1.64. The fourth-order valence-electron chi connectivity index (χ4n) is 3.05. The van der Waals surface area contributed by atoms with Crippen LogP contribution in [-0.2, 0) is 4.74 Å².